The van der Waals surface area contributed by atoms with E-state index in [1.54, 1.807) is 4.68 Å². The van der Waals surface area contributed by atoms with E-state index in [4.69, 9.17) is 22.4 Å². The van der Waals surface area contributed by atoms with E-state index < -0.39 is 0 Å². The third-order valence-electron chi connectivity index (χ3n) is 3.10. The first kappa shape index (κ1) is 14.1. The summed E-state index contributed by atoms with van der Waals surface area (Å²) in [5, 5.41) is 14.0. The molecule has 1 atom stereocenters. The number of rotatable bonds is 4. The van der Waals surface area contributed by atoms with Crippen LogP contribution in [-0.2, 0) is 6.42 Å². The van der Waals surface area contributed by atoms with E-state index in [1.807, 2.05) is 38.1 Å². The molecule has 1 aromatic carbocycles. The van der Waals surface area contributed by atoms with Gasteiger partial charge >= 0.3 is 0 Å². The van der Waals surface area contributed by atoms with Crippen LogP contribution < -0.4 is 5.73 Å². The number of benzene rings is 1. The Labute approximate surface area is 117 Å². The van der Waals surface area contributed by atoms with Crippen molar-refractivity contribution in [3.8, 4) is 5.69 Å². The monoisotopic (exact) mass is 279 g/mol. The number of nitrogens with two attached hydrogens (primary N) is 1. The third-order valence-corrected chi connectivity index (χ3v) is 3.49. The minimum atomic E-state index is -0.313. The van der Waals surface area contributed by atoms with Crippen LogP contribution in [0.2, 0.25) is 5.15 Å². The Kier molecular flexibility index (Phi) is 4.24. The SMILES string of the molecule is Cc1ccc(-n2nc(C)c(CC(N)CO)c2Cl)cc1. The van der Waals surface area contributed by atoms with Crippen LogP contribution in [0, 0.1) is 13.8 Å². The smallest absolute Gasteiger partial charge is 0.136 e. The zero-order chi connectivity index (χ0) is 14.0. The molecule has 0 aliphatic rings. The van der Waals surface area contributed by atoms with Crippen LogP contribution in [-0.4, -0.2) is 27.5 Å². The number of hydrogen-bond acceptors (Lipinski definition) is 3. The van der Waals surface area contributed by atoms with E-state index in [9.17, 15) is 0 Å². The second-order valence-electron chi connectivity index (χ2n) is 4.75. The normalized spacial score (nSPS) is 12.7. The highest BCUT2D eigenvalue weighted by molar-refractivity contribution is 6.30. The number of halogens is 1. The molecule has 0 amide bonds. The molecule has 0 aliphatic heterocycles. The highest BCUT2D eigenvalue weighted by atomic mass is 35.5. The minimum Gasteiger partial charge on any atom is -0.395 e. The van der Waals surface area contributed by atoms with Crippen LogP contribution in [0.1, 0.15) is 16.8 Å². The highest BCUT2D eigenvalue weighted by Crippen LogP contribution is 2.24. The summed E-state index contributed by atoms with van der Waals surface area (Å²) < 4.78 is 1.70. The molecule has 0 saturated heterocycles. The molecule has 5 heteroatoms. The van der Waals surface area contributed by atoms with Crippen molar-refractivity contribution in [3.63, 3.8) is 0 Å². The number of aromatic nitrogens is 2. The molecule has 4 nitrogen and oxygen atoms in total. The molecule has 19 heavy (non-hydrogen) atoms. The fourth-order valence-electron chi connectivity index (χ4n) is 1.95. The molecule has 1 unspecified atom stereocenters. The second-order valence-corrected chi connectivity index (χ2v) is 5.11. The average molecular weight is 280 g/mol. The van der Waals surface area contributed by atoms with Gasteiger partial charge in [0.25, 0.3) is 0 Å². The fourth-order valence-corrected chi connectivity index (χ4v) is 2.30. The molecular formula is C14H18ClN3O. The minimum absolute atomic E-state index is 0.0640. The predicted molar refractivity (Wildman–Crippen MR) is 76.8 cm³/mol. The molecule has 0 radical (unpaired) electrons. The van der Waals surface area contributed by atoms with Crippen molar-refractivity contribution in [3.05, 3.63) is 46.2 Å². The van der Waals surface area contributed by atoms with Crippen molar-refractivity contribution in [1.82, 2.24) is 9.78 Å². The van der Waals surface area contributed by atoms with Gasteiger partial charge in [-0.15, -0.1) is 0 Å². The number of hydrogen-bond donors (Lipinski definition) is 2. The van der Waals surface area contributed by atoms with Crippen molar-refractivity contribution in [2.75, 3.05) is 6.61 Å². The summed E-state index contributed by atoms with van der Waals surface area (Å²) in [5.41, 5.74) is 9.60. The van der Waals surface area contributed by atoms with Crippen LogP contribution in [0.25, 0.3) is 5.69 Å². The summed E-state index contributed by atoms with van der Waals surface area (Å²) in [7, 11) is 0. The second kappa shape index (κ2) is 5.74. The zero-order valence-corrected chi connectivity index (χ0v) is 11.9. The van der Waals surface area contributed by atoms with Gasteiger partial charge < -0.3 is 10.8 Å². The Balaban J connectivity index is 2.38. The first-order chi connectivity index (χ1) is 9.02. The van der Waals surface area contributed by atoms with E-state index in [0.29, 0.717) is 11.6 Å². The predicted octanol–water partition coefficient (Wildman–Crippen LogP) is 2.00. The van der Waals surface area contributed by atoms with E-state index in [1.165, 1.54) is 5.56 Å². The molecule has 0 aliphatic carbocycles. The van der Waals surface area contributed by atoms with Gasteiger partial charge in [-0.2, -0.15) is 5.10 Å². The topological polar surface area (TPSA) is 64.1 Å². The maximum Gasteiger partial charge on any atom is 0.136 e. The van der Waals surface area contributed by atoms with Gasteiger partial charge in [0.05, 0.1) is 18.0 Å². The third kappa shape index (κ3) is 2.97. The Morgan fingerprint density at radius 1 is 1.32 bits per heavy atom. The standard InChI is InChI=1S/C14H18ClN3O/c1-9-3-5-12(6-4-9)18-14(15)13(10(2)17-18)7-11(16)8-19/h3-6,11,19H,7-8,16H2,1-2H3. The Hall–Kier alpha value is -1.36. The van der Waals surface area contributed by atoms with Crippen molar-refractivity contribution >= 4 is 11.6 Å². The van der Waals surface area contributed by atoms with Crippen LogP contribution >= 0.6 is 11.6 Å². The van der Waals surface area contributed by atoms with Gasteiger partial charge in [-0.05, 0) is 32.4 Å². The number of aliphatic hydroxyl groups excluding tert-OH is 1. The van der Waals surface area contributed by atoms with Gasteiger partial charge in [-0.3, -0.25) is 0 Å². The molecule has 0 bridgehead atoms. The van der Waals surface area contributed by atoms with Crippen molar-refractivity contribution in [1.29, 1.82) is 0 Å². The molecule has 0 saturated carbocycles. The lowest BCUT2D eigenvalue weighted by molar-refractivity contribution is 0.265. The Bertz CT molecular complexity index is 563. The summed E-state index contributed by atoms with van der Waals surface area (Å²) in [4.78, 5) is 0. The molecule has 102 valence electrons. The van der Waals surface area contributed by atoms with Crippen molar-refractivity contribution < 1.29 is 5.11 Å². The number of aliphatic hydroxyl groups is 1. The van der Waals surface area contributed by atoms with Crippen LogP contribution in [0.5, 0.6) is 0 Å². The largest absolute Gasteiger partial charge is 0.395 e. The van der Waals surface area contributed by atoms with Crippen molar-refractivity contribution in [2.45, 2.75) is 26.3 Å². The lowest BCUT2D eigenvalue weighted by atomic mass is 10.1. The number of aryl methyl sites for hydroxylation is 2. The molecule has 0 fully saturated rings. The Morgan fingerprint density at radius 3 is 2.53 bits per heavy atom. The summed E-state index contributed by atoms with van der Waals surface area (Å²) in [6.45, 7) is 3.87. The molecular weight excluding hydrogens is 262 g/mol. The molecule has 2 rings (SSSR count). The lowest BCUT2D eigenvalue weighted by Crippen LogP contribution is -2.27. The molecule has 1 heterocycles. The molecule has 2 aromatic rings. The van der Waals surface area contributed by atoms with E-state index in [2.05, 4.69) is 5.10 Å². The maximum atomic E-state index is 9.04. The first-order valence-electron chi connectivity index (χ1n) is 6.20. The first-order valence-corrected chi connectivity index (χ1v) is 6.58. The summed E-state index contributed by atoms with van der Waals surface area (Å²) in [6, 6.07) is 7.67. The lowest BCUT2D eigenvalue weighted by Gasteiger charge is -2.08. The van der Waals surface area contributed by atoms with Gasteiger partial charge in [-0.1, -0.05) is 29.3 Å². The molecule has 1 aromatic heterocycles. The van der Waals surface area contributed by atoms with E-state index in [-0.39, 0.29) is 12.6 Å². The van der Waals surface area contributed by atoms with Crippen molar-refractivity contribution in [2.24, 2.45) is 5.73 Å². The molecule has 3 N–H and O–H groups in total. The summed E-state index contributed by atoms with van der Waals surface area (Å²) >= 11 is 6.37. The average Bonchev–Trinajstić information content (AvgIpc) is 2.67. The Morgan fingerprint density at radius 2 is 1.95 bits per heavy atom. The van der Waals surface area contributed by atoms with Crippen LogP contribution in [0.15, 0.2) is 24.3 Å². The zero-order valence-electron chi connectivity index (χ0n) is 11.1. The quantitative estimate of drug-likeness (QED) is 0.900. The summed E-state index contributed by atoms with van der Waals surface area (Å²) in [6.07, 6.45) is 0.521. The van der Waals surface area contributed by atoms with Gasteiger partial charge in [0.15, 0.2) is 0 Å². The highest BCUT2D eigenvalue weighted by Gasteiger charge is 2.16. The van der Waals surface area contributed by atoms with Gasteiger partial charge in [0.2, 0.25) is 0 Å². The van der Waals surface area contributed by atoms with E-state index >= 15 is 0 Å². The summed E-state index contributed by atoms with van der Waals surface area (Å²) in [5.74, 6) is 0. The van der Waals surface area contributed by atoms with Crippen LogP contribution in [0.4, 0.5) is 0 Å². The van der Waals surface area contributed by atoms with Gasteiger partial charge in [0, 0.05) is 11.6 Å². The number of nitrogens with zero attached hydrogens (tertiary/aromatic N) is 2. The van der Waals surface area contributed by atoms with Gasteiger partial charge in [0.1, 0.15) is 5.15 Å². The fraction of sp³-hybridized carbons (Fsp3) is 0.357. The van der Waals surface area contributed by atoms with Gasteiger partial charge in [-0.25, -0.2) is 4.68 Å². The maximum absolute atomic E-state index is 9.04. The molecule has 0 spiro atoms. The van der Waals surface area contributed by atoms with Crippen LogP contribution in [0.3, 0.4) is 0 Å². The van der Waals surface area contributed by atoms with E-state index in [0.717, 1.165) is 16.9 Å².